The molecule has 0 aliphatic rings. The molecule has 176 valence electrons. The van der Waals surface area contributed by atoms with Crippen molar-refractivity contribution in [2.24, 2.45) is 5.41 Å². The van der Waals surface area contributed by atoms with E-state index in [1.807, 2.05) is 12.3 Å². The van der Waals surface area contributed by atoms with Gasteiger partial charge in [0, 0.05) is 24.2 Å². The number of fused-ring (bicyclic) bond motifs is 1. The van der Waals surface area contributed by atoms with Gasteiger partial charge in [0.2, 0.25) is 0 Å². The van der Waals surface area contributed by atoms with Crippen LogP contribution in [0, 0.1) is 26.2 Å². The van der Waals surface area contributed by atoms with Gasteiger partial charge in [0.25, 0.3) is 0 Å². The first kappa shape index (κ1) is 23.0. The van der Waals surface area contributed by atoms with Crippen molar-refractivity contribution in [1.29, 1.82) is 0 Å². The van der Waals surface area contributed by atoms with E-state index in [-0.39, 0.29) is 5.41 Å². The molecule has 2 aromatic heterocycles. The average molecular weight is 461 g/mol. The minimum absolute atomic E-state index is 0.104. The Morgan fingerprint density at radius 3 is 2.14 bits per heavy atom. The number of pyridine rings is 1. The van der Waals surface area contributed by atoms with Gasteiger partial charge in [-0.15, -0.1) is 0 Å². The number of aryl methyl sites for hydroxylation is 3. The fourth-order valence-corrected chi connectivity index (χ4v) is 4.87. The summed E-state index contributed by atoms with van der Waals surface area (Å²) in [4.78, 5) is 9.58. The molecule has 0 aliphatic heterocycles. The molecular weight excluding hydrogens is 428 g/mol. The van der Waals surface area contributed by atoms with Crippen LogP contribution in [0.15, 0.2) is 77.3 Å². The lowest BCUT2D eigenvalue weighted by Crippen LogP contribution is -2.09. The van der Waals surface area contributed by atoms with Gasteiger partial charge in [-0.05, 0) is 71.2 Å². The van der Waals surface area contributed by atoms with E-state index in [4.69, 9.17) is 14.4 Å². The Morgan fingerprint density at radius 1 is 0.743 bits per heavy atom. The largest absolute Gasteiger partial charge is 0.441 e. The highest BCUT2D eigenvalue weighted by atomic mass is 16.3. The van der Waals surface area contributed by atoms with E-state index in [2.05, 4.69) is 102 Å². The predicted octanol–water partition coefficient (Wildman–Crippen LogP) is 8.74. The van der Waals surface area contributed by atoms with Gasteiger partial charge < -0.3 is 4.42 Å². The van der Waals surface area contributed by atoms with Gasteiger partial charge in [-0.3, -0.25) is 4.98 Å². The van der Waals surface area contributed by atoms with Crippen molar-refractivity contribution < 1.29 is 4.42 Å². The SMILES string of the molecule is Cc1ccc(-c2nccc3oc(CC(C)(C)C)nc23)cc1-c1c(C)cc(-c2ccccc2)cc1C. The van der Waals surface area contributed by atoms with Crippen molar-refractivity contribution in [3.63, 3.8) is 0 Å². The van der Waals surface area contributed by atoms with Crippen LogP contribution in [0.3, 0.4) is 0 Å². The van der Waals surface area contributed by atoms with Crippen molar-refractivity contribution in [2.45, 2.75) is 48.0 Å². The maximum absolute atomic E-state index is 6.09. The van der Waals surface area contributed by atoms with Crippen molar-refractivity contribution in [3.05, 3.63) is 95.5 Å². The number of rotatable bonds is 4. The zero-order valence-electron chi connectivity index (χ0n) is 21.4. The molecule has 0 fully saturated rings. The summed E-state index contributed by atoms with van der Waals surface area (Å²) < 4.78 is 6.09. The lowest BCUT2D eigenvalue weighted by atomic mass is 9.88. The van der Waals surface area contributed by atoms with E-state index in [9.17, 15) is 0 Å². The monoisotopic (exact) mass is 460 g/mol. The van der Waals surface area contributed by atoms with Crippen LogP contribution in [0.5, 0.6) is 0 Å². The fraction of sp³-hybridized carbons (Fsp3) is 0.250. The molecule has 0 spiro atoms. The highest BCUT2D eigenvalue weighted by Gasteiger charge is 2.19. The first-order valence-corrected chi connectivity index (χ1v) is 12.2. The molecule has 0 saturated heterocycles. The molecular formula is C32H32N2O. The molecule has 0 amide bonds. The number of oxazole rings is 1. The molecule has 0 N–H and O–H groups in total. The Kier molecular flexibility index (Phi) is 5.80. The highest BCUT2D eigenvalue weighted by Crippen LogP contribution is 2.37. The number of benzene rings is 3. The van der Waals surface area contributed by atoms with Crippen LogP contribution in [-0.2, 0) is 6.42 Å². The molecule has 3 nitrogen and oxygen atoms in total. The summed E-state index contributed by atoms with van der Waals surface area (Å²) in [5.74, 6) is 0.761. The highest BCUT2D eigenvalue weighted by molar-refractivity contribution is 5.90. The topological polar surface area (TPSA) is 38.9 Å². The number of hydrogen-bond donors (Lipinski definition) is 0. The molecule has 0 bridgehead atoms. The predicted molar refractivity (Wildman–Crippen MR) is 145 cm³/mol. The second kappa shape index (κ2) is 8.81. The van der Waals surface area contributed by atoms with E-state index in [1.54, 1.807) is 0 Å². The van der Waals surface area contributed by atoms with Gasteiger partial charge in [0.05, 0.1) is 5.69 Å². The van der Waals surface area contributed by atoms with Crippen LogP contribution in [0.25, 0.3) is 44.6 Å². The Labute approximate surface area is 207 Å². The van der Waals surface area contributed by atoms with E-state index < -0.39 is 0 Å². The summed E-state index contributed by atoms with van der Waals surface area (Å²) in [6, 6.07) is 23.6. The molecule has 3 aromatic carbocycles. The minimum atomic E-state index is 0.104. The van der Waals surface area contributed by atoms with E-state index >= 15 is 0 Å². The van der Waals surface area contributed by atoms with Gasteiger partial charge in [-0.1, -0.05) is 75.4 Å². The molecule has 35 heavy (non-hydrogen) atoms. The Bertz CT molecular complexity index is 1500. The first-order valence-electron chi connectivity index (χ1n) is 12.2. The van der Waals surface area contributed by atoms with Crippen molar-refractivity contribution in [3.8, 4) is 33.5 Å². The van der Waals surface area contributed by atoms with Gasteiger partial charge in [-0.2, -0.15) is 0 Å². The third kappa shape index (κ3) is 4.64. The van der Waals surface area contributed by atoms with Crippen molar-refractivity contribution >= 4 is 11.1 Å². The van der Waals surface area contributed by atoms with Crippen molar-refractivity contribution in [2.75, 3.05) is 0 Å². The zero-order valence-corrected chi connectivity index (χ0v) is 21.4. The van der Waals surface area contributed by atoms with Gasteiger partial charge in [0.1, 0.15) is 5.52 Å². The van der Waals surface area contributed by atoms with E-state index in [0.29, 0.717) is 0 Å². The molecule has 0 saturated carbocycles. The Hall–Kier alpha value is -3.72. The van der Waals surface area contributed by atoms with Crippen LogP contribution in [0.4, 0.5) is 0 Å². The van der Waals surface area contributed by atoms with Crippen LogP contribution < -0.4 is 0 Å². The molecule has 5 rings (SSSR count). The van der Waals surface area contributed by atoms with Gasteiger partial charge in [0.15, 0.2) is 11.5 Å². The molecule has 0 atom stereocenters. The maximum atomic E-state index is 6.09. The third-order valence-electron chi connectivity index (χ3n) is 6.45. The molecule has 5 aromatic rings. The fourth-order valence-electron chi connectivity index (χ4n) is 4.87. The van der Waals surface area contributed by atoms with Crippen LogP contribution in [0.2, 0.25) is 0 Å². The lowest BCUT2D eigenvalue weighted by molar-refractivity contribution is 0.362. The van der Waals surface area contributed by atoms with Crippen LogP contribution >= 0.6 is 0 Å². The summed E-state index contributed by atoms with van der Waals surface area (Å²) in [6.45, 7) is 13.2. The van der Waals surface area contributed by atoms with Gasteiger partial charge in [-0.25, -0.2) is 4.98 Å². The van der Waals surface area contributed by atoms with Crippen molar-refractivity contribution in [1.82, 2.24) is 9.97 Å². The Morgan fingerprint density at radius 2 is 1.46 bits per heavy atom. The second-order valence-corrected chi connectivity index (χ2v) is 10.7. The summed E-state index contributed by atoms with van der Waals surface area (Å²) in [5.41, 5.74) is 12.4. The maximum Gasteiger partial charge on any atom is 0.196 e. The summed E-state index contributed by atoms with van der Waals surface area (Å²) in [6.07, 6.45) is 2.60. The summed E-state index contributed by atoms with van der Waals surface area (Å²) in [7, 11) is 0. The number of nitrogens with zero attached hydrogens (tertiary/aromatic N) is 2. The quantitative estimate of drug-likeness (QED) is 0.269. The molecule has 0 aliphatic carbocycles. The third-order valence-corrected chi connectivity index (χ3v) is 6.45. The standard InChI is InChI=1S/C32H32N2O/c1-20-12-13-24(30-31-27(14-15-33-30)35-28(34-31)19-32(4,5)6)18-26(20)29-21(2)16-25(17-22(29)3)23-10-8-7-9-11-23/h7-18H,19H2,1-6H3. The lowest BCUT2D eigenvalue weighted by Gasteiger charge is -2.16. The molecule has 3 heteroatoms. The Balaban J connectivity index is 1.61. The molecule has 2 heterocycles. The summed E-state index contributed by atoms with van der Waals surface area (Å²) in [5, 5.41) is 0. The zero-order chi connectivity index (χ0) is 24.7. The second-order valence-electron chi connectivity index (χ2n) is 10.7. The van der Waals surface area contributed by atoms with E-state index in [1.165, 1.54) is 38.9 Å². The average Bonchev–Trinajstić information content (AvgIpc) is 3.21. The van der Waals surface area contributed by atoms with Gasteiger partial charge >= 0.3 is 0 Å². The molecule has 0 unspecified atom stereocenters. The smallest absolute Gasteiger partial charge is 0.196 e. The molecule has 0 radical (unpaired) electrons. The first-order chi connectivity index (χ1) is 16.7. The van der Waals surface area contributed by atoms with E-state index in [0.717, 1.165) is 34.7 Å². The normalized spacial score (nSPS) is 11.8. The minimum Gasteiger partial charge on any atom is -0.441 e. The number of aromatic nitrogens is 2. The van der Waals surface area contributed by atoms with Crippen LogP contribution in [0.1, 0.15) is 43.4 Å². The number of hydrogen-bond acceptors (Lipinski definition) is 3. The van der Waals surface area contributed by atoms with Crippen LogP contribution in [-0.4, -0.2) is 9.97 Å². The summed E-state index contributed by atoms with van der Waals surface area (Å²) >= 11 is 0.